The van der Waals surface area contributed by atoms with Crippen molar-refractivity contribution in [3.8, 4) is 0 Å². The number of nitrogens with one attached hydrogen (secondary N) is 4. The van der Waals surface area contributed by atoms with Gasteiger partial charge in [0.2, 0.25) is 23.6 Å². The smallest absolute Gasteiger partial charge is 0.328 e. The van der Waals surface area contributed by atoms with Gasteiger partial charge in [-0.05, 0) is 25.0 Å². The molecule has 14 heteroatoms. The van der Waals surface area contributed by atoms with E-state index in [0.717, 1.165) is 17.8 Å². The highest BCUT2D eigenvalue weighted by molar-refractivity contribution is 5.95. The molecule has 1 heterocycles. The van der Waals surface area contributed by atoms with Gasteiger partial charge in [-0.2, -0.15) is 0 Å². The van der Waals surface area contributed by atoms with Gasteiger partial charge in [-0.3, -0.25) is 19.2 Å². The van der Waals surface area contributed by atoms with Gasteiger partial charge in [-0.25, -0.2) is 4.79 Å². The standard InChI is InChI=1S/C23H32N6O8/c1-11(31)19(23(36)37)29-21(34)16(6-7-18(25)32)27-22(35)17(28-20(33)14(24)10-30)8-12-9-26-15-5-3-2-4-13(12)15/h2-5,9,11,14,16-17,19,26,30-31H,6-8,10,24H2,1H3,(H2,25,32)(H,27,35)(H,28,33)(H,29,34)(H,36,37). The number of benzene rings is 1. The normalized spacial score (nSPS) is 15.1. The molecule has 202 valence electrons. The van der Waals surface area contributed by atoms with Crippen LogP contribution in [0, 0.1) is 0 Å². The van der Waals surface area contributed by atoms with Gasteiger partial charge in [0.05, 0.1) is 12.7 Å². The predicted octanol–water partition coefficient (Wildman–Crippen LogP) is -2.78. The van der Waals surface area contributed by atoms with Crippen molar-refractivity contribution in [2.45, 2.75) is 56.5 Å². The number of carbonyl (C=O) groups excluding carboxylic acids is 4. The van der Waals surface area contributed by atoms with Gasteiger partial charge < -0.3 is 47.7 Å². The second-order valence-corrected chi connectivity index (χ2v) is 8.55. The third kappa shape index (κ3) is 8.27. The number of aliphatic carboxylic acids is 1. The number of nitrogens with two attached hydrogens (primary N) is 2. The van der Waals surface area contributed by atoms with Crippen molar-refractivity contribution in [1.29, 1.82) is 0 Å². The van der Waals surface area contributed by atoms with Crippen molar-refractivity contribution in [1.82, 2.24) is 20.9 Å². The van der Waals surface area contributed by atoms with Gasteiger partial charge in [0.1, 0.15) is 18.1 Å². The number of aliphatic hydroxyl groups is 2. The highest BCUT2D eigenvalue weighted by atomic mass is 16.4. The average molecular weight is 521 g/mol. The number of rotatable bonds is 14. The van der Waals surface area contributed by atoms with E-state index in [1.54, 1.807) is 12.3 Å². The summed E-state index contributed by atoms with van der Waals surface area (Å²) in [5.74, 6) is -4.91. The minimum Gasteiger partial charge on any atom is -0.480 e. The molecule has 0 radical (unpaired) electrons. The van der Waals surface area contributed by atoms with Gasteiger partial charge in [0, 0.05) is 29.9 Å². The Balaban J connectivity index is 2.31. The number of carbonyl (C=O) groups is 5. The number of amides is 4. The molecule has 0 aliphatic heterocycles. The van der Waals surface area contributed by atoms with Crippen molar-refractivity contribution in [3.63, 3.8) is 0 Å². The average Bonchev–Trinajstić information content (AvgIpc) is 3.25. The first kappa shape index (κ1) is 29.2. The van der Waals surface area contributed by atoms with Crippen molar-refractivity contribution < 1.29 is 39.3 Å². The van der Waals surface area contributed by atoms with Crippen LogP contribution in [0.5, 0.6) is 0 Å². The molecule has 0 saturated carbocycles. The van der Waals surface area contributed by atoms with E-state index < -0.39 is 66.5 Å². The number of aromatic nitrogens is 1. The molecule has 14 nitrogen and oxygen atoms in total. The molecule has 5 atom stereocenters. The molecule has 5 unspecified atom stereocenters. The van der Waals surface area contributed by atoms with Crippen LogP contribution in [0.25, 0.3) is 10.9 Å². The highest BCUT2D eigenvalue weighted by Gasteiger charge is 2.32. The van der Waals surface area contributed by atoms with Gasteiger partial charge in [-0.1, -0.05) is 18.2 Å². The fourth-order valence-corrected chi connectivity index (χ4v) is 3.56. The molecule has 37 heavy (non-hydrogen) atoms. The molecule has 0 aliphatic rings. The zero-order valence-corrected chi connectivity index (χ0v) is 20.1. The number of aromatic amines is 1. The zero-order valence-electron chi connectivity index (χ0n) is 20.1. The number of H-pyrrole nitrogens is 1. The lowest BCUT2D eigenvalue weighted by molar-refractivity contribution is -0.145. The van der Waals surface area contributed by atoms with E-state index in [9.17, 15) is 39.3 Å². The molecule has 0 bridgehead atoms. The Morgan fingerprint density at radius 2 is 1.62 bits per heavy atom. The van der Waals surface area contributed by atoms with Gasteiger partial charge in [-0.15, -0.1) is 0 Å². The van der Waals surface area contributed by atoms with Crippen LogP contribution in [0.15, 0.2) is 30.5 Å². The first-order valence-electron chi connectivity index (χ1n) is 11.5. The van der Waals surface area contributed by atoms with Crippen LogP contribution >= 0.6 is 0 Å². The topological polar surface area (TPSA) is 250 Å². The number of fused-ring (bicyclic) bond motifs is 1. The summed E-state index contributed by atoms with van der Waals surface area (Å²) in [6.45, 7) is 0.486. The van der Waals surface area contributed by atoms with Crippen LogP contribution in [0.1, 0.15) is 25.3 Å². The second kappa shape index (κ2) is 13.3. The summed E-state index contributed by atoms with van der Waals surface area (Å²) >= 11 is 0. The predicted molar refractivity (Wildman–Crippen MR) is 131 cm³/mol. The summed E-state index contributed by atoms with van der Waals surface area (Å²) in [5, 5.41) is 35.9. The highest BCUT2D eigenvalue weighted by Crippen LogP contribution is 2.19. The molecule has 2 aromatic rings. The molecule has 11 N–H and O–H groups in total. The minimum atomic E-state index is -1.68. The third-order valence-electron chi connectivity index (χ3n) is 5.62. The lowest BCUT2D eigenvalue weighted by Gasteiger charge is -2.25. The zero-order chi connectivity index (χ0) is 27.7. The monoisotopic (exact) mass is 520 g/mol. The molecular weight excluding hydrogens is 488 g/mol. The van der Waals surface area contributed by atoms with Crippen LogP contribution in [-0.4, -0.2) is 86.8 Å². The largest absolute Gasteiger partial charge is 0.480 e. The van der Waals surface area contributed by atoms with E-state index in [2.05, 4.69) is 20.9 Å². The summed E-state index contributed by atoms with van der Waals surface area (Å²) in [7, 11) is 0. The van der Waals surface area contributed by atoms with Crippen molar-refractivity contribution in [2.24, 2.45) is 11.5 Å². The first-order valence-corrected chi connectivity index (χ1v) is 11.5. The molecule has 1 aromatic carbocycles. The van der Waals surface area contributed by atoms with Gasteiger partial charge in [0.15, 0.2) is 6.04 Å². The maximum atomic E-state index is 13.3. The van der Waals surface area contributed by atoms with E-state index in [-0.39, 0.29) is 19.3 Å². The van der Waals surface area contributed by atoms with E-state index in [4.69, 9.17) is 11.5 Å². The van der Waals surface area contributed by atoms with Crippen molar-refractivity contribution in [3.05, 3.63) is 36.0 Å². The van der Waals surface area contributed by atoms with Crippen LogP contribution in [-0.2, 0) is 30.4 Å². The number of hydrogen-bond acceptors (Lipinski definition) is 8. The molecule has 0 saturated heterocycles. The third-order valence-corrected chi connectivity index (χ3v) is 5.62. The Hall–Kier alpha value is -4.01. The fourth-order valence-electron chi connectivity index (χ4n) is 3.56. The molecular formula is C23H32N6O8. The minimum absolute atomic E-state index is 0.0324. The Labute approximate surface area is 211 Å². The Morgan fingerprint density at radius 3 is 2.22 bits per heavy atom. The lowest BCUT2D eigenvalue weighted by Crippen LogP contribution is -2.59. The van der Waals surface area contributed by atoms with Crippen LogP contribution in [0.3, 0.4) is 0 Å². The van der Waals surface area contributed by atoms with Crippen LogP contribution in [0.2, 0.25) is 0 Å². The maximum Gasteiger partial charge on any atom is 0.328 e. The number of carboxylic acid groups (broad SMARTS) is 1. The van der Waals surface area contributed by atoms with E-state index in [1.807, 2.05) is 18.2 Å². The van der Waals surface area contributed by atoms with Gasteiger partial charge >= 0.3 is 5.97 Å². The lowest BCUT2D eigenvalue weighted by atomic mass is 10.0. The molecule has 2 rings (SSSR count). The SMILES string of the molecule is CC(O)C(NC(=O)C(CCC(N)=O)NC(=O)C(Cc1c[nH]c2ccccc12)NC(=O)C(N)CO)C(=O)O. The van der Waals surface area contributed by atoms with Crippen molar-refractivity contribution in [2.75, 3.05) is 6.61 Å². The molecule has 0 aliphatic carbocycles. The summed E-state index contributed by atoms with van der Waals surface area (Å²) in [6, 6.07) is 1.56. The summed E-state index contributed by atoms with van der Waals surface area (Å²) in [5.41, 5.74) is 12.2. The second-order valence-electron chi connectivity index (χ2n) is 8.55. The summed E-state index contributed by atoms with van der Waals surface area (Å²) in [4.78, 5) is 64.2. The van der Waals surface area contributed by atoms with Crippen LogP contribution < -0.4 is 27.4 Å². The summed E-state index contributed by atoms with van der Waals surface area (Å²) in [6.07, 6.45) is -0.430. The van der Waals surface area contributed by atoms with Crippen molar-refractivity contribution >= 4 is 40.5 Å². The fraction of sp³-hybridized carbons (Fsp3) is 0.435. The number of hydrogen-bond donors (Lipinski definition) is 9. The van der Waals surface area contributed by atoms with E-state index in [0.29, 0.717) is 5.56 Å². The number of aliphatic hydroxyl groups excluding tert-OH is 2. The van der Waals surface area contributed by atoms with Crippen LogP contribution in [0.4, 0.5) is 0 Å². The van der Waals surface area contributed by atoms with E-state index in [1.165, 1.54) is 0 Å². The number of para-hydroxylation sites is 1. The Bertz CT molecular complexity index is 1130. The molecule has 4 amide bonds. The number of carboxylic acids is 1. The maximum absolute atomic E-state index is 13.3. The van der Waals surface area contributed by atoms with Gasteiger partial charge in [0.25, 0.3) is 0 Å². The molecule has 1 aromatic heterocycles. The Kier molecular flexibility index (Phi) is 10.5. The molecule has 0 fully saturated rings. The summed E-state index contributed by atoms with van der Waals surface area (Å²) < 4.78 is 0. The first-order chi connectivity index (χ1) is 17.4. The van der Waals surface area contributed by atoms with E-state index >= 15 is 0 Å². The quantitative estimate of drug-likeness (QED) is 0.125. The number of primary amides is 1. The molecule has 0 spiro atoms. The Morgan fingerprint density at radius 1 is 1.00 bits per heavy atom.